The van der Waals surface area contributed by atoms with E-state index in [1.54, 1.807) is 30.3 Å². The second-order valence-corrected chi connectivity index (χ2v) is 5.23. The predicted octanol–water partition coefficient (Wildman–Crippen LogP) is 4.07. The number of amides is 1. The summed E-state index contributed by atoms with van der Waals surface area (Å²) in [6.07, 6.45) is 0. The summed E-state index contributed by atoms with van der Waals surface area (Å²) in [4.78, 5) is 12.2. The maximum Gasteiger partial charge on any atom is 0.259 e. The molecule has 2 aromatic rings. The number of phenols is 1. The number of halogens is 2. The molecule has 0 unspecified atom stereocenters. The Morgan fingerprint density at radius 2 is 2.10 bits per heavy atom. The lowest BCUT2D eigenvalue weighted by atomic mass is 10.1. The first-order chi connectivity index (χ1) is 9.52. The Labute approximate surface area is 129 Å². The van der Waals surface area contributed by atoms with E-state index in [9.17, 15) is 9.90 Å². The van der Waals surface area contributed by atoms with Gasteiger partial charge in [0.2, 0.25) is 0 Å². The first-order valence-corrected chi connectivity index (χ1v) is 6.82. The van der Waals surface area contributed by atoms with E-state index in [4.69, 9.17) is 16.3 Å². The van der Waals surface area contributed by atoms with Gasteiger partial charge in [-0.3, -0.25) is 4.79 Å². The summed E-state index contributed by atoms with van der Waals surface area (Å²) in [5.41, 5.74) is 0.640. The molecule has 0 aliphatic rings. The third-order valence-electron chi connectivity index (χ3n) is 2.64. The number of benzene rings is 2. The van der Waals surface area contributed by atoms with Crippen LogP contribution in [0.4, 0.5) is 5.69 Å². The van der Waals surface area contributed by atoms with Gasteiger partial charge in [-0.2, -0.15) is 0 Å². The Balaban J connectivity index is 2.31. The Hall–Kier alpha value is -1.72. The zero-order chi connectivity index (χ0) is 14.7. The number of ether oxygens (including phenoxy) is 1. The molecule has 0 spiro atoms. The van der Waals surface area contributed by atoms with Crippen molar-refractivity contribution in [2.24, 2.45) is 0 Å². The highest BCUT2D eigenvalue weighted by molar-refractivity contribution is 9.10. The van der Waals surface area contributed by atoms with Gasteiger partial charge in [0.05, 0.1) is 18.4 Å². The molecular weight excluding hydrogens is 346 g/mol. The third-order valence-corrected chi connectivity index (χ3v) is 3.57. The monoisotopic (exact) mass is 355 g/mol. The minimum atomic E-state index is -0.454. The molecule has 0 radical (unpaired) electrons. The zero-order valence-electron chi connectivity index (χ0n) is 10.5. The van der Waals surface area contributed by atoms with Crippen molar-refractivity contribution < 1.29 is 14.6 Å². The zero-order valence-corrected chi connectivity index (χ0v) is 12.8. The molecule has 6 heteroatoms. The average molecular weight is 357 g/mol. The van der Waals surface area contributed by atoms with E-state index in [1.165, 1.54) is 13.2 Å². The molecule has 0 heterocycles. The lowest BCUT2D eigenvalue weighted by Gasteiger charge is -2.10. The van der Waals surface area contributed by atoms with Gasteiger partial charge >= 0.3 is 0 Å². The molecular formula is C14H11BrClNO3. The van der Waals surface area contributed by atoms with Crippen LogP contribution >= 0.6 is 27.5 Å². The predicted molar refractivity (Wildman–Crippen MR) is 81.8 cm³/mol. The number of carbonyl (C=O) groups excluding carboxylic acids is 1. The fourth-order valence-electron chi connectivity index (χ4n) is 1.65. The Morgan fingerprint density at radius 1 is 1.35 bits per heavy atom. The molecule has 0 aliphatic heterocycles. The highest BCUT2D eigenvalue weighted by atomic mass is 79.9. The Kier molecular flexibility index (Phi) is 4.52. The topological polar surface area (TPSA) is 58.6 Å². The molecule has 0 aliphatic carbocycles. The van der Waals surface area contributed by atoms with Gasteiger partial charge in [-0.1, -0.05) is 17.7 Å². The van der Waals surface area contributed by atoms with Crippen LogP contribution in [0.2, 0.25) is 5.02 Å². The molecule has 2 N–H and O–H groups in total. The summed E-state index contributed by atoms with van der Waals surface area (Å²) in [5.74, 6) is -0.419. The number of hydrogen-bond acceptors (Lipinski definition) is 3. The van der Waals surface area contributed by atoms with E-state index < -0.39 is 5.91 Å². The Bertz CT molecular complexity index is 661. The number of carbonyl (C=O) groups is 1. The van der Waals surface area contributed by atoms with Crippen molar-refractivity contribution in [3.8, 4) is 11.5 Å². The second kappa shape index (κ2) is 6.15. The number of para-hydroxylation sites is 1. The molecule has 1 amide bonds. The molecule has 0 saturated carbocycles. The van der Waals surface area contributed by atoms with Crippen molar-refractivity contribution in [1.82, 2.24) is 0 Å². The molecule has 20 heavy (non-hydrogen) atoms. The number of phenolic OH excluding ortho intramolecular Hbond substituents is 1. The lowest BCUT2D eigenvalue weighted by molar-refractivity contribution is 0.102. The summed E-state index contributed by atoms with van der Waals surface area (Å²) < 4.78 is 5.66. The molecule has 0 saturated heterocycles. The molecule has 0 atom stereocenters. The van der Waals surface area contributed by atoms with Gasteiger partial charge in [0.15, 0.2) is 11.5 Å². The van der Waals surface area contributed by atoms with Crippen molar-refractivity contribution in [3.05, 3.63) is 51.5 Å². The van der Waals surface area contributed by atoms with Crippen molar-refractivity contribution in [2.75, 3.05) is 12.4 Å². The first kappa shape index (κ1) is 14.7. The van der Waals surface area contributed by atoms with Gasteiger partial charge < -0.3 is 15.2 Å². The maximum atomic E-state index is 12.2. The van der Waals surface area contributed by atoms with Gasteiger partial charge in [-0.05, 0) is 46.3 Å². The highest BCUT2D eigenvalue weighted by Gasteiger charge is 2.15. The first-order valence-electron chi connectivity index (χ1n) is 5.65. The average Bonchev–Trinajstić information content (AvgIpc) is 2.43. The lowest BCUT2D eigenvalue weighted by Crippen LogP contribution is -2.12. The molecule has 2 aromatic carbocycles. The summed E-state index contributed by atoms with van der Waals surface area (Å²) in [7, 11) is 1.42. The van der Waals surface area contributed by atoms with Gasteiger partial charge in [0, 0.05) is 9.50 Å². The number of aromatic hydroxyl groups is 1. The maximum absolute atomic E-state index is 12.2. The van der Waals surface area contributed by atoms with Crippen molar-refractivity contribution in [1.29, 1.82) is 0 Å². The second-order valence-electron chi connectivity index (χ2n) is 3.93. The standard InChI is InChI=1S/C14H11BrClNO3/c1-20-12-4-2-3-9(13(12)18)14(19)17-11-7-8(16)5-6-10(11)15/h2-7,18H,1H3,(H,17,19). The minimum absolute atomic E-state index is 0.122. The molecule has 4 nitrogen and oxygen atoms in total. The van der Waals surface area contributed by atoms with Crippen LogP contribution in [0.25, 0.3) is 0 Å². The summed E-state index contributed by atoms with van der Waals surface area (Å²) in [6, 6.07) is 9.74. The normalized spacial score (nSPS) is 10.2. The number of rotatable bonds is 3. The Morgan fingerprint density at radius 3 is 2.80 bits per heavy atom. The van der Waals surface area contributed by atoms with Crippen LogP contribution < -0.4 is 10.1 Å². The van der Waals surface area contributed by atoms with Gasteiger partial charge in [0.1, 0.15) is 0 Å². The molecule has 0 fully saturated rings. The van der Waals surface area contributed by atoms with Crippen LogP contribution in [-0.2, 0) is 0 Å². The number of hydrogen-bond donors (Lipinski definition) is 2. The van der Waals surface area contributed by atoms with E-state index in [-0.39, 0.29) is 17.1 Å². The van der Waals surface area contributed by atoms with E-state index in [2.05, 4.69) is 21.2 Å². The van der Waals surface area contributed by atoms with Crippen LogP contribution in [0.15, 0.2) is 40.9 Å². The molecule has 2 rings (SSSR count). The molecule has 104 valence electrons. The summed E-state index contributed by atoms with van der Waals surface area (Å²) in [6.45, 7) is 0. The number of anilines is 1. The summed E-state index contributed by atoms with van der Waals surface area (Å²) >= 11 is 9.20. The van der Waals surface area contributed by atoms with Crippen LogP contribution in [-0.4, -0.2) is 18.1 Å². The number of nitrogens with one attached hydrogen (secondary N) is 1. The van der Waals surface area contributed by atoms with Crippen LogP contribution in [0, 0.1) is 0 Å². The quantitative estimate of drug-likeness (QED) is 0.871. The van der Waals surface area contributed by atoms with Gasteiger partial charge in [-0.25, -0.2) is 0 Å². The summed E-state index contributed by atoms with van der Waals surface area (Å²) in [5, 5.41) is 13.1. The van der Waals surface area contributed by atoms with Gasteiger partial charge in [0.25, 0.3) is 5.91 Å². The van der Waals surface area contributed by atoms with Crippen molar-refractivity contribution in [2.45, 2.75) is 0 Å². The molecule has 0 aromatic heterocycles. The number of methoxy groups -OCH3 is 1. The third kappa shape index (κ3) is 3.05. The largest absolute Gasteiger partial charge is 0.504 e. The van der Waals surface area contributed by atoms with Gasteiger partial charge in [-0.15, -0.1) is 0 Å². The van der Waals surface area contributed by atoms with Crippen molar-refractivity contribution in [3.63, 3.8) is 0 Å². The SMILES string of the molecule is COc1cccc(C(=O)Nc2cc(Cl)ccc2Br)c1O. The van der Waals surface area contributed by atoms with Crippen LogP contribution in [0.5, 0.6) is 11.5 Å². The van der Waals surface area contributed by atoms with Crippen LogP contribution in [0.1, 0.15) is 10.4 Å². The fourth-order valence-corrected chi connectivity index (χ4v) is 2.17. The fraction of sp³-hybridized carbons (Fsp3) is 0.0714. The smallest absolute Gasteiger partial charge is 0.259 e. The molecule has 0 bridgehead atoms. The highest BCUT2D eigenvalue weighted by Crippen LogP contribution is 2.31. The van der Waals surface area contributed by atoms with E-state index in [0.29, 0.717) is 15.2 Å². The minimum Gasteiger partial charge on any atom is -0.504 e. The van der Waals surface area contributed by atoms with E-state index in [1.807, 2.05) is 0 Å². The van der Waals surface area contributed by atoms with E-state index in [0.717, 1.165) is 0 Å². The van der Waals surface area contributed by atoms with Crippen molar-refractivity contribution >= 4 is 39.1 Å². The van der Waals surface area contributed by atoms with Crippen LogP contribution in [0.3, 0.4) is 0 Å². The van der Waals surface area contributed by atoms with E-state index >= 15 is 0 Å².